The van der Waals surface area contributed by atoms with Crippen molar-refractivity contribution in [3.8, 4) is 0 Å². The van der Waals surface area contributed by atoms with Gasteiger partial charge in [0, 0.05) is 10.9 Å². The number of hydrogen-bond donors (Lipinski definition) is 0. The largest absolute Gasteiger partial charge is 0.340 e. The molecule has 0 amide bonds. The monoisotopic (exact) mass is 300 g/mol. The molecule has 0 unspecified atom stereocenters. The zero-order chi connectivity index (χ0) is 13.1. The van der Waals surface area contributed by atoms with Gasteiger partial charge in [0.1, 0.15) is 4.88 Å². The quantitative estimate of drug-likeness (QED) is 0.780. The van der Waals surface area contributed by atoms with Crippen LogP contribution < -0.4 is 4.90 Å². The molecule has 18 heavy (non-hydrogen) atoms. The van der Waals surface area contributed by atoms with Crippen LogP contribution in [0, 0.1) is 0 Å². The van der Waals surface area contributed by atoms with E-state index < -0.39 is 0 Å². The summed E-state index contributed by atoms with van der Waals surface area (Å²) in [6.07, 6.45) is 0.757. The zero-order valence-corrected chi connectivity index (χ0v) is 12.5. The van der Waals surface area contributed by atoms with E-state index in [0.717, 1.165) is 18.0 Å². The van der Waals surface area contributed by atoms with Crippen LogP contribution in [0.5, 0.6) is 0 Å². The summed E-state index contributed by atoms with van der Waals surface area (Å²) in [5.41, 5.74) is 0. The van der Waals surface area contributed by atoms with Crippen molar-refractivity contribution in [2.75, 3.05) is 4.90 Å². The van der Waals surface area contributed by atoms with E-state index in [1.165, 1.54) is 16.2 Å². The van der Waals surface area contributed by atoms with E-state index in [9.17, 15) is 4.79 Å². The Hall–Kier alpha value is -0.910. The van der Waals surface area contributed by atoms with Crippen molar-refractivity contribution in [3.05, 3.63) is 32.4 Å². The van der Waals surface area contributed by atoms with Crippen molar-refractivity contribution < 1.29 is 4.79 Å². The molecule has 0 saturated heterocycles. The Morgan fingerprint density at radius 2 is 2.33 bits per heavy atom. The van der Waals surface area contributed by atoms with Gasteiger partial charge in [-0.25, -0.2) is 4.98 Å². The molecule has 0 aliphatic heterocycles. The van der Waals surface area contributed by atoms with Crippen molar-refractivity contribution in [2.45, 2.75) is 26.4 Å². The van der Waals surface area contributed by atoms with Crippen LogP contribution in [0.2, 0.25) is 5.15 Å². The van der Waals surface area contributed by atoms with Gasteiger partial charge < -0.3 is 4.90 Å². The first-order valence-electron chi connectivity index (χ1n) is 5.52. The van der Waals surface area contributed by atoms with E-state index in [0.29, 0.717) is 16.1 Å². The maximum absolute atomic E-state index is 10.8. The summed E-state index contributed by atoms with van der Waals surface area (Å²) in [6, 6.07) is 4.42. The Labute approximate surface area is 119 Å². The fourth-order valence-corrected chi connectivity index (χ4v) is 3.44. The van der Waals surface area contributed by atoms with E-state index in [-0.39, 0.29) is 0 Å². The van der Waals surface area contributed by atoms with E-state index in [2.05, 4.69) is 35.2 Å². The summed E-state index contributed by atoms with van der Waals surface area (Å²) in [6.45, 7) is 4.99. The summed E-state index contributed by atoms with van der Waals surface area (Å²) in [4.78, 5) is 19.0. The van der Waals surface area contributed by atoms with Gasteiger partial charge >= 0.3 is 0 Å². The molecule has 2 aromatic heterocycles. The van der Waals surface area contributed by atoms with Gasteiger partial charge in [0.15, 0.2) is 16.6 Å². The summed E-state index contributed by atoms with van der Waals surface area (Å²) in [7, 11) is 0. The smallest absolute Gasteiger partial charge is 0.188 e. The Morgan fingerprint density at radius 3 is 2.83 bits per heavy atom. The Balaban J connectivity index is 2.26. The highest BCUT2D eigenvalue weighted by Crippen LogP contribution is 2.31. The highest BCUT2D eigenvalue weighted by atomic mass is 35.5. The highest BCUT2D eigenvalue weighted by Gasteiger charge is 2.18. The zero-order valence-electron chi connectivity index (χ0n) is 10.1. The number of thiophene rings is 1. The number of aldehydes is 1. The van der Waals surface area contributed by atoms with Gasteiger partial charge in [0.05, 0.1) is 6.54 Å². The van der Waals surface area contributed by atoms with Crippen LogP contribution in [0.3, 0.4) is 0 Å². The van der Waals surface area contributed by atoms with E-state index in [1.807, 2.05) is 6.07 Å². The molecule has 2 aromatic rings. The second-order valence-electron chi connectivity index (χ2n) is 4.07. The van der Waals surface area contributed by atoms with Gasteiger partial charge in [-0.15, -0.1) is 11.3 Å². The van der Waals surface area contributed by atoms with E-state index in [1.54, 1.807) is 11.3 Å². The van der Waals surface area contributed by atoms with E-state index >= 15 is 0 Å². The highest BCUT2D eigenvalue weighted by molar-refractivity contribution is 7.17. The van der Waals surface area contributed by atoms with Crippen LogP contribution >= 0.6 is 34.3 Å². The van der Waals surface area contributed by atoms with Crippen molar-refractivity contribution in [1.29, 1.82) is 0 Å². The first-order valence-corrected chi connectivity index (χ1v) is 7.59. The topological polar surface area (TPSA) is 33.2 Å². The number of carbonyl (C=O) groups excluding carboxylic acids is 1. The van der Waals surface area contributed by atoms with Crippen LogP contribution in [0.25, 0.3) is 0 Å². The second kappa shape index (κ2) is 5.82. The average molecular weight is 301 g/mol. The fourth-order valence-electron chi connectivity index (χ4n) is 1.54. The lowest BCUT2D eigenvalue weighted by atomic mass is 10.3. The molecule has 0 N–H and O–H groups in total. The van der Waals surface area contributed by atoms with Crippen molar-refractivity contribution in [1.82, 2.24) is 4.98 Å². The van der Waals surface area contributed by atoms with Crippen LogP contribution in [-0.4, -0.2) is 17.3 Å². The minimum absolute atomic E-state index is 0.293. The van der Waals surface area contributed by atoms with Crippen LogP contribution in [0.4, 0.5) is 5.13 Å². The maximum Gasteiger partial charge on any atom is 0.188 e. The summed E-state index contributed by atoms with van der Waals surface area (Å²) in [5, 5.41) is 3.15. The number of aromatic nitrogens is 1. The number of hydrogen-bond acceptors (Lipinski definition) is 5. The second-order valence-corrected chi connectivity index (χ2v) is 6.47. The fraction of sp³-hybridized carbons (Fsp3) is 0.333. The SMILES string of the molecule is CC(C)N(Cc1cccs1)c1nc(Cl)c(C=O)s1. The number of thiazole rings is 1. The average Bonchev–Trinajstić information content (AvgIpc) is 2.94. The van der Waals surface area contributed by atoms with Crippen LogP contribution in [0.15, 0.2) is 17.5 Å². The minimum atomic E-state index is 0.293. The van der Waals surface area contributed by atoms with Gasteiger partial charge in [-0.3, -0.25) is 4.79 Å². The predicted octanol–water partition coefficient (Wildman–Crippen LogP) is 4.09. The molecule has 0 bridgehead atoms. The van der Waals surface area contributed by atoms with Gasteiger partial charge in [0.25, 0.3) is 0 Å². The van der Waals surface area contributed by atoms with Gasteiger partial charge in [0.2, 0.25) is 0 Å². The molecule has 96 valence electrons. The summed E-state index contributed by atoms with van der Waals surface area (Å²) < 4.78 is 0. The first-order chi connectivity index (χ1) is 8.61. The Morgan fingerprint density at radius 1 is 1.56 bits per heavy atom. The lowest BCUT2D eigenvalue weighted by Gasteiger charge is -2.25. The molecule has 2 heterocycles. The lowest BCUT2D eigenvalue weighted by Crippen LogP contribution is -2.29. The third-order valence-corrected chi connectivity index (χ3v) is 4.76. The molecular weight excluding hydrogens is 288 g/mol. The molecule has 0 aromatic carbocycles. The normalized spacial score (nSPS) is 10.9. The number of carbonyl (C=O) groups is 1. The van der Waals surface area contributed by atoms with Gasteiger partial charge in [-0.2, -0.15) is 0 Å². The summed E-state index contributed by atoms with van der Waals surface area (Å²) in [5.74, 6) is 0. The third-order valence-electron chi connectivity index (χ3n) is 2.48. The first kappa shape index (κ1) is 13.5. The molecule has 0 radical (unpaired) electrons. The molecule has 0 spiro atoms. The molecule has 0 aliphatic rings. The molecule has 6 heteroatoms. The van der Waals surface area contributed by atoms with Crippen molar-refractivity contribution >= 4 is 45.7 Å². The van der Waals surface area contributed by atoms with Crippen LogP contribution in [-0.2, 0) is 6.54 Å². The van der Waals surface area contributed by atoms with Crippen LogP contribution in [0.1, 0.15) is 28.4 Å². The van der Waals surface area contributed by atoms with Gasteiger partial charge in [-0.1, -0.05) is 29.0 Å². The Bertz CT molecular complexity index is 522. The molecule has 0 saturated carbocycles. The Kier molecular flexibility index (Phi) is 4.37. The lowest BCUT2D eigenvalue weighted by molar-refractivity contribution is 0.112. The third kappa shape index (κ3) is 2.91. The molecule has 2 rings (SSSR count). The molecular formula is C12H13ClN2OS2. The van der Waals surface area contributed by atoms with Crippen molar-refractivity contribution in [3.63, 3.8) is 0 Å². The number of anilines is 1. The predicted molar refractivity (Wildman–Crippen MR) is 78.1 cm³/mol. The molecule has 3 nitrogen and oxygen atoms in total. The maximum atomic E-state index is 10.8. The van der Waals surface area contributed by atoms with E-state index in [4.69, 9.17) is 11.6 Å². The van der Waals surface area contributed by atoms with Gasteiger partial charge in [-0.05, 0) is 25.3 Å². The standard InChI is InChI=1S/C12H13ClN2OS2/c1-8(2)15(6-9-4-3-5-17-9)12-14-11(13)10(7-16)18-12/h3-5,7-8H,6H2,1-2H3. The number of halogens is 1. The summed E-state index contributed by atoms with van der Waals surface area (Å²) >= 11 is 8.97. The van der Waals surface area contributed by atoms with Crippen molar-refractivity contribution in [2.24, 2.45) is 0 Å². The molecule has 0 aliphatic carbocycles. The minimum Gasteiger partial charge on any atom is -0.340 e. The number of rotatable bonds is 5. The molecule has 0 fully saturated rings. The number of nitrogens with zero attached hydrogens (tertiary/aromatic N) is 2. The molecule has 0 atom stereocenters.